The Kier molecular flexibility index (Phi) is 14.0. The van der Waals surface area contributed by atoms with Gasteiger partial charge in [-0.1, -0.05) is 77.6 Å². The third kappa shape index (κ3) is 10.5. The number of carbonyl (C=O) groups is 4. The number of benzene rings is 1. The van der Waals surface area contributed by atoms with E-state index in [9.17, 15) is 19.2 Å². The van der Waals surface area contributed by atoms with Crippen LogP contribution in [-0.4, -0.2) is 59.3 Å². The third-order valence-electron chi connectivity index (χ3n) is 8.19. The van der Waals surface area contributed by atoms with Gasteiger partial charge >= 0.3 is 0 Å². The molecular formula is C32H50N4O4S2. The van der Waals surface area contributed by atoms with Crippen LogP contribution in [0.5, 0.6) is 0 Å². The maximum Gasteiger partial charge on any atom is 0.246 e. The number of rotatable bonds is 4. The van der Waals surface area contributed by atoms with Crippen molar-refractivity contribution >= 4 is 47.2 Å². The van der Waals surface area contributed by atoms with E-state index in [-0.39, 0.29) is 35.5 Å². The largest absolute Gasteiger partial charge is 0.353 e. The molecule has 3 rings (SSSR count). The molecule has 234 valence electrons. The molecule has 1 spiro atoms. The smallest absolute Gasteiger partial charge is 0.246 e. The van der Waals surface area contributed by atoms with E-state index in [1.165, 1.54) is 11.1 Å². The van der Waals surface area contributed by atoms with Crippen molar-refractivity contribution in [2.75, 3.05) is 18.1 Å². The number of hydrogen-bond acceptors (Lipinski definition) is 6. The van der Waals surface area contributed by atoms with Crippen LogP contribution in [-0.2, 0) is 30.7 Å². The Morgan fingerprint density at radius 1 is 0.905 bits per heavy atom. The maximum atomic E-state index is 13.9. The molecule has 1 aromatic rings. The van der Waals surface area contributed by atoms with Gasteiger partial charge in [0, 0.05) is 36.0 Å². The van der Waals surface area contributed by atoms with E-state index in [2.05, 4.69) is 45.5 Å². The number of hydrogen-bond donors (Lipinski definition) is 4. The van der Waals surface area contributed by atoms with Crippen LogP contribution in [0.25, 0.3) is 0 Å². The van der Waals surface area contributed by atoms with E-state index in [0.717, 1.165) is 42.9 Å². The highest BCUT2D eigenvalue weighted by Gasteiger charge is 2.42. The Bertz CT molecular complexity index is 1060. The summed E-state index contributed by atoms with van der Waals surface area (Å²) in [5, 5.41) is 12.1. The van der Waals surface area contributed by atoms with Gasteiger partial charge in [-0.2, -0.15) is 23.5 Å². The van der Waals surface area contributed by atoms with Crippen molar-refractivity contribution < 1.29 is 19.2 Å². The monoisotopic (exact) mass is 618 g/mol. The van der Waals surface area contributed by atoms with Gasteiger partial charge in [0.2, 0.25) is 23.6 Å². The van der Waals surface area contributed by atoms with Crippen molar-refractivity contribution in [3.8, 4) is 0 Å². The lowest BCUT2D eigenvalue weighted by molar-refractivity contribution is -0.138. The minimum absolute atomic E-state index is 0.0767. The molecule has 2 bridgehead atoms. The van der Waals surface area contributed by atoms with Crippen LogP contribution in [0.4, 0.5) is 0 Å². The van der Waals surface area contributed by atoms with Crippen LogP contribution in [0.15, 0.2) is 24.3 Å². The summed E-state index contributed by atoms with van der Waals surface area (Å²) in [6.45, 7) is 8.47. The van der Waals surface area contributed by atoms with Crippen LogP contribution in [0.1, 0.15) is 90.2 Å². The molecule has 10 heteroatoms. The van der Waals surface area contributed by atoms with Gasteiger partial charge in [-0.15, -0.1) is 0 Å². The molecule has 1 saturated carbocycles. The Morgan fingerprint density at radius 2 is 1.57 bits per heavy atom. The minimum atomic E-state index is -1.02. The van der Waals surface area contributed by atoms with Gasteiger partial charge in [0.25, 0.3) is 0 Å². The highest BCUT2D eigenvalue weighted by atomic mass is 32.2. The first kappa shape index (κ1) is 34.3. The maximum absolute atomic E-state index is 13.9. The molecule has 8 nitrogen and oxygen atoms in total. The lowest BCUT2D eigenvalue weighted by atomic mass is 9.80. The second-order valence-electron chi connectivity index (χ2n) is 12.2. The Balaban J connectivity index is 1.84. The van der Waals surface area contributed by atoms with E-state index < -0.39 is 17.6 Å². The number of nitrogens with one attached hydrogen (secondary N) is 4. The predicted octanol–water partition coefficient (Wildman–Crippen LogP) is 4.55. The highest BCUT2D eigenvalue weighted by molar-refractivity contribution is 7.98. The fourth-order valence-corrected chi connectivity index (χ4v) is 7.25. The fourth-order valence-electron chi connectivity index (χ4n) is 5.56. The molecule has 1 aliphatic heterocycles. The zero-order valence-electron chi connectivity index (χ0n) is 25.8. The lowest BCUT2D eigenvalue weighted by Gasteiger charge is -2.38. The molecule has 2 aliphatic rings. The number of thioether (sulfide) groups is 2. The molecule has 0 aromatic heterocycles. The molecule has 0 unspecified atom stereocenters. The SMILES string of the molecule is CC[C@H](C)[C@@H]1NC(=O)[C@H](CC(C)C)NC(=O)C2(CCCCC2)NC(=O)CCSCc2cccc(c2)CSCCNC1=O. The molecule has 1 aliphatic carbocycles. The van der Waals surface area contributed by atoms with Gasteiger partial charge < -0.3 is 21.3 Å². The van der Waals surface area contributed by atoms with Crippen LogP contribution < -0.4 is 21.3 Å². The van der Waals surface area contributed by atoms with Gasteiger partial charge in [-0.3, -0.25) is 19.2 Å². The van der Waals surface area contributed by atoms with Gasteiger partial charge in [0.05, 0.1) is 0 Å². The van der Waals surface area contributed by atoms with E-state index in [0.29, 0.717) is 38.0 Å². The van der Waals surface area contributed by atoms with Crippen molar-refractivity contribution in [2.45, 2.75) is 108 Å². The van der Waals surface area contributed by atoms with Gasteiger partial charge in [-0.05, 0) is 42.2 Å². The molecular weight excluding hydrogens is 569 g/mol. The molecule has 0 radical (unpaired) electrons. The van der Waals surface area contributed by atoms with Crippen molar-refractivity contribution in [1.82, 2.24) is 21.3 Å². The molecule has 1 aromatic carbocycles. The van der Waals surface area contributed by atoms with Crippen molar-refractivity contribution in [3.05, 3.63) is 35.4 Å². The highest BCUT2D eigenvalue weighted by Crippen LogP contribution is 2.29. The normalized spacial score (nSPS) is 24.4. The summed E-state index contributed by atoms with van der Waals surface area (Å²) < 4.78 is 0. The molecule has 0 saturated heterocycles. The quantitative estimate of drug-likeness (QED) is 0.394. The number of fused-ring (bicyclic) bond motifs is 2. The summed E-state index contributed by atoms with van der Waals surface area (Å²) in [5.41, 5.74) is 1.43. The summed E-state index contributed by atoms with van der Waals surface area (Å²) in [5.74, 6) is 2.15. The van der Waals surface area contributed by atoms with E-state index in [1.54, 1.807) is 23.5 Å². The zero-order valence-corrected chi connectivity index (χ0v) is 27.4. The fraction of sp³-hybridized carbons (Fsp3) is 0.688. The molecule has 42 heavy (non-hydrogen) atoms. The molecule has 1 fully saturated rings. The van der Waals surface area contributed by atoms with Crippen molar-refractivity contribution in [1.29, 1.82) is 0 Å². The average Bonchev–Trinajstić information content (AvgIpc) is 2.97. The Morgan fingerprint density at radius 3 is 2.21 bits per heavy atom. The first-order valence-electron chi connectivity index (χ1n) is 15.6. The van der Waals surface area contributed by atoms with Gasteiger partial charge in [0.15, 0.2) is 0 Å². The molecule has 4 amide bonds. The summed E-state index contributed by atoms with van der Waals surface area (Å²) in [6.07, 6.45) is 5.29. The van der Waals surface area contributed by atoms with E-state index in [4.69, 9.17) is 0 Å². The van der Waals surface area contributed by atoms with Crippen LogP contribution in [0, 0.1) is 11.8 Å². The second-order valence-corrected chi connectivity index (χ2v) is 14.4. The predicted molar refractivity (Wildman–Crippen MR) is 173 cm³/mol. The minimum Gasteiger partial charge on any atom is -0.353 e. The summed E-state index contributed by atoms with van der Waals surface area (Å²) in [6, 6.07) is 6.99. The van der Waals surface area contributed by atoms with Gasteiger partial charge in [-0.25, -0.2) is 0 Å². The topological polar surface area (TPSA) is 116 Å². The van der Waals surface area contributed by atoms with Crippen LogP contribution in [0.2, 0.25) is 0 Å². The Labute approximate surface area is 260 Å². The number of carbonyl (C=O) groups excluding carboxylic acids is 4. The standard InChI is InChI=1S/C32H50N4O4S2/c1-5-23(4)28-30(39)33-15-17-42-21-25-11-9-10-24(19-25)20-41-16-12-27(37)36-32(13-7-6-8-14-32)31(40)34-26(18-22(2)3)29(38)35-28/h9-11,19,22-23,26,28H,5-8,12-18,20-21H2,1-4H3,(H,33,39)(H,34,40)(H,35,38)(H,36,37)/t23-,26-,28-/m0/s1. The number of amides is 4. The second kappa shape index (κ2) is 17.2. The van der Waals surface area contributed by atoms with Crippen LogP contribution >= 0.6 is 23.5 Å². The first-order chi connectivity index (χ1) is 20.1. The molecule has 3 atom stereocenters. The summed E-state index contributed by atoms with van der Waals surface area (Å²) in [7, 11) is 0. The summed E-state index contributed by atoms with van der Waals surface area (Å²) >= 11 is 3.47. The molecule has 1 heterocycles. The van der Waals surface area contributed by atoms with Crippen molar-refractivity contribution in [2.24, 2.45) is 11.8 Å². The van der Waals surface area contributed by atoms with Crippen molar-refractivity contribution in [3.63, 3.8) is 0 Å². The molecule has 4 N–H and O–H groups in total. The first-order valence-corrected chi connectivity index (χ1v) is 17.9. The van der Waals surface area contributed by atoms with Gasteiger partial charge in [0.1, 0.15) is 17.6 Å². The average molecular weight is 619 g/mol. The van der Waals surface area contributed by atoms with E-state index >= 15 is 0 Å². The Hall–Kier alpha value is -2.20. The van der Waals surface area contributed by atoms with E-state index in [1.807, 2.05) is 27.7 Å². The third-order valence-corrected chi connectivity index (χ3v) is 10.3. The zero-order chi connectivity index (χ0) is 30.5. The van der Waals surface area contributed by atoms with Crippen LogP contribution in [0.3, 0.4) is 0 Å². The lowest BCUT2D eigenvalue weighted by Crippen LogP contribution is -2.63. The summed E-state index contributed by atoms with van der Waals surface area (Å²) in [4.78, 5) is 53.9.